The molecule has 2 N–H and O–H groups in total. The molecule has 0 aromatic rings. The number of hydrogen-bond donors (Lipinski definition) is 2. The summed E-state index contributed by atoms with van der Waals surface area (Å²) < 4.78 is 12.5. The maximum Gasteiger partial charge on any atom is 0.303 e. The summed E-state index contributed by atoms with van der Waals surface area (Å²) in [5.41, 5.74) is 0. The maximum atomic E-state index is 10.6. The van der Waals surface area contributed by atoms with Gasteiger partial charge in [-0.25, -0.2) is 0 Å². The minimum Gasteiger partial charge on any atom is -0.481 e. The van der Waals surface area contributed by atoms with Crippen LogP contribution in [0.5, 0.6) is 0 Å². The Bertz CT molecular complexity index is 455. The lowest BCUT2D eigenvalue weighted by atomic mass is 9.94. The number of ether oxygens (including phenoxy) is 2. The SMILES string of the molecule is CCCCCCCCCCCCC12OC(CCCCCC(=O)O)C(CCC1O)O2. The van der Waals surface area contributed by atoms with Crippen molar-refractivity contribution < 1.29 is 24.5 Å². The van der Waals surface area contributed by atoms with Crippen molar-refractivity contribution in [3.8, 4) is 0 Å². The number of rotatable bonds is 17. The van der Waals surface area contributed by atoms with E-state index in [1.54, 1.807) is 0 Å². The van der Waals surface area contributed by atoms with Gasteiger partial charge in [-0.1, -0.05) is 77.6 Å². The third-order valence-corrected chi connectivity index (χ3v) is 6.61. The maximum absolute atomic E-state index is 10.6. The van der Waals surface area contributed by atoms with Crippen LogP contribution in [0.25, 0.3) is 0 Å². The first-order valence-corrected chi connectivity index (χ1v) is 12.3. The van der Waals surface area contributed by atoms with Crippen molar-refractivity contribution in [2.45, 2.75) is 147 Å². The van der Waals surface area contributed by atoms with Gasteiger partial charge in [-0.2, -0.15) is 0 Å². The molecule has 2 aliphatic heterocycles. The summed E-state index contributed by atoms with van der Waals surface area (Å²) in [4.78, 5) is 10.6. The molecule has 5 heteroatoms. The number of carbonyl (C=O) groups is 1. The van der Waals surface area contributed by atoms with Crippen molar-refractivity contribution in [3.63, 3.8) is 0 Å². The summed E-state index contributed by atoms with van der Waals surface area (Å²) >= 11 is 0. The van der Waals surface area contributed by atoms with Gasteiger partial charge in [0.15, 0.2) is 5.79 Å². The summed E-state index contributed by atoms with van der Waals surface area (Å²) in [6, 6.07) is 0. The second-order valence-electron chi connectivity index (χ2n) is 9.14. The Kier molecular flexibility index (Phi) is 11.6. The fourth-order valence-corrected chi connectivity index (χ4v) is 4.82. The largest absolute Gasteiger partial charge is 0.481 e. The second-order valence-corrected chi connectivity index (χ2v) is 9.14. The van der Waals surface area contributed by atoms with E-state index < -0.39 is 17.9 Å². The van der Waals surface area contributed by atoms with Crippen LogP contribution in [-0.2, 0) is 14.3 Å². The van der Waals surface area contributed by atoms with Gasteiger partial charge in [0.25, 0.3) is 0 Å². The molecule has 2 bridgehead atoms. The zero-order valence-electron chi connectivity index (χ0n) is 18.6. The van der Waals surface area contributed by atoms with Crippen LogP contribution in [0.4, 0.5) is 0 Å². The van der Waals surface area contributed by atoms with E-state index in [0.29, 0.717) is 0 Å². The number of carboxylic acid groups (broad SMARTS) is 1. The second kappa shape index (κ2) is 13.6. The Hall–Kier alpha value is -0.650. The van der Waals surface area contributed by atoms with Crippen LogP contribution in [0.3, 0.4) is 0 Å². The molecule has 0 aromatic heterocycles. The van der Waals surface area contributed by atoms with Crippen LogP contribution in [0.2, 0.25) is 0 Å². The molecule has 0 amide bonds. The van der Waals surface area contributed by atoms with Crippen LogP contribution < -0.4 is 0 Å². The summed E-state index contributed by atoms with van der Waals surface area (Å²) in [5, 5.41) is 19.3. The first kappa shape index (κ1) is 24.6. The molecule has 2 fully saturated rings. The minimum atomic E-state index is -0.783. The van der Waals surface area contributed by atoms with Crippen LogP contribution in [0.1, 0.15) is 122 Å². The Morgan fingerprint density at radius 2 is 1.48 bits per heavy atom. The molecule has 0 aliphatic carbocycles. The molecule has 2 rings (SSSR count). The average Bonchev–Trinajstić information content (AvgIpc) is 3.00. The van der Waals surface area contributed by atoms with Crippen molar-refractivity contribution in [2.75, 3.05) is 0 Å². The van der Waals surface area contributed by atoms with Gasteiger partial charge in [-0.05, 0) is 32.1 Å². The third kappa shape index (κ3) is 8.55. The van der Waals surface area contributed by atoms with E-state index in [2.05, 4.69) is 6.92 Å². The minimum absolute atomic E-state index is 0.0556. The lowest BCUT2D eigenvalue weighted by molar-refractivity contribution is -0.253. The Morgan fingerprint density at radius 3 is 2.14 bits per heavy atom. The average molecular weight is 413 g/mol. The summed E-state index contributed by atoms with van der Waals surface area (Å²) in [6.07, 6.45) is 18.7. The highest BCUT2D eigenvalue weighted by Crippen LogP contribution is 2.44. The number of aliphatic carboxylic acids is 1. The van der Waals surface area contributed by atoms with E-state index in [9.17, 15) is 9.90 Å². The first-order valence-electron chi connectivity index (χ1n) is 12.3. The Labute approximate surface area is 177 Å². The van der Waals surface area contributed by atoms with Gasteiger partial charge >= 0.3 is 5.97 Å². The van der Waals surface area contributed by atoms with Gasteiger partial charge in [0.2, 0.25) is 0 Å². The number of fused-ring (bicyclic) bond motifs is 2. The lowest BCUT2D eigenvalue weighted by Gasteiger charge is -2.36. The van der Waals surface area contributed by atoms with Crippen molar-refractivity contribution in [3.05, 3.63) is 0 Å². The lowest BCUT2D eigenvalue weighted by Crippen LogP contribution is -2.46. The van der Waals surface area contributed by atoms with Gasteiger partial charge in [-0.3, -0.25) is 4.79 Å². The molecule has 0 aromatic carbocycles. The van der Waals surface area contributed by atoms with Crippen LogP contribution in [0, 0.1) is 0 Å². The van der Waals surface area contributed by atoms with E-state index >= 15 is 0 Å². The quantitative estimate of drug-likeness (QED) is 0.288. The molecular formula is C24H44O5. The molecule has 0 saturated carbocycles. The van der Waals surface area contributed by atoms with Crippen LogP contribution in [-0.4, -0.2) is 40.3 Å². The standard InChI is InChI=1S/C24H44O5/c1-2-3-4-5-6-7-8-9-10-14-19-24-22(25)18-17-21(29-24)20(28-24)15-12-11-13-16-23(26)27/h20-22,25H,2-19H2,1H3,(H,26,27). The smallest absolute Gasteiger partial charge is 0.303 e. The summed E-state index contributed by atoms with van der Waals surface area (Å²) in [7, 11) is 0. The predicted octanol–water partition coefficient (Wildman–Crippen LogP) is 5.97. The Morgan fingerprint density at radius 1 is 0.862 bits per heavy atom. The van der Waals surface area contributed by atoms with Gasteiger partial charge < -0.3 is 19.7 Å². The van der Waals surface area contributed by atoms with Crippen molar-refractivity contribution in [1.29, 1.82) is 0 Å². The van der Waals surface area contributed by atoms with Crippen molar-refractivity contribution in [2.24, 2.45) is 0 Å². The molecule has 5 nitrogen and oxygen atoms in total. The summed E-state index contributed by atoms with van der Waals surface area (Å²) in [5.74, 6) is -1.51. The summed E-state index contributed by atoms with van der Waals surface area (Å²) in [6.45, 7) is 2.26. The molecule has 0 radical (unpaired) electrons. The highest BCUT2D eigenvalue weighted by molar-refractivity contribution is 5.66. The van der Waals surface area contributed by atoms with E-state index in [4.69, 9.17) is 14.6 Å². The molecular weight excluding hydrogens is 368 g/mol. The molecule has 4 unspecified atom stereocenters. The van der Waals surface area contributed by atoms with E-state index in [1.165, 1.54) is 57.8 Å². The van der Waals surface area contributed by atoms with E-state index in [0.717, 1.165) is 51.4 Å². The zero-order valence-corrected chi connectivity index (χ0v) is 18.6. The highest BCUT2D eigenvalue weighted by Gasteiger charge is 2.54. The molecule has 4 atom stereocenters. The van der Waals surface area contributed by atoms with Crippen molar-refractivity contribution >= 4 is 5.97 Å². The molecule has 2 heterocycles. The predicted molar refractivity (Wildman–Crippen MR) is 115 cm³/mol. The fourth-order valence-electron chi connectivity index (χ4n) is 4.82. The number of carboxylic acids is 1. The van der Waals surface area contributed by atoms with Crippen molar-refractivity contribution in [1.82, 2.24) is 0 Å². The van der Waals surface area contributed by atoms with Crippen LogP contribution in [0.15, 0.2) is 0 Å². The highest BCUT2D eigenvalue weighted by atomic mass is 16.8. The zero-order chi connectivity index (χ0) is 21.0. The van der Waals surface area contributed by atoms with Gasteiger partial charge in [0, 0.05) is 12.8 Å². The molecule has 0 spiro atoms. The number of unbranched alkanes of at least 4 members (excludes halogenated alkanes) is 11. The fraction of sp³-hybridized carbons (Fsp3) is 0.958. The number of aliphatic hydroxyl groups excluding tert-OH is 1. The van der Waals surface area contributed by atoms with Gasteiger partial charge in [0.05, 0.1) is 12.2 Å². The molecule has 2 aliphatic rings. The number of aliphatic hydroxyl groups is 1. The molecule has 2 saturated heterocycles. The van der Waals surface area contributed by atoms with E-state index in [-0.39, 0.29) is 18.6 Å². The third-order valence-electron chi connectivity index (χ3n) is 6.61. The van der Waals surface area contributed by atoms with Gasteiger partial charge in [-0.15, -0.1) is 0 Å². The molecule has 29 heavy (non-hydrogen) atoms. The first-order chi connectivity index (χ1) is 14.1. The topological polar surface area (TPSA) is 76.0 Å². The number of hydrogen-bond acceptors (Lipinski definition) is 4. The van der Waals surface area contributed by atoms with Crippen LogP contribution >= 0.6 is 0 Å². The molecule has 170 valence electrons. The van der Waals surface area contributed by atoms with E-state index in [1.807, 2.05) is 0 Å². The Balaban J connectivity index is 1.60. The van der Waals surface area contributed by atoms with Gasteiger partial charge in [0.1, 0.15) is 6.10 Å². The monoisotopic (exact) mass is 412 g/mol. The normalized spacial score (nSPS) is 28.7.